The molecular weight excluding hydrogens is 298 g/mol. The Morgan fingerprint density at radius 1 is 1.33 bits per heavy atom. The average molecular weight is 313 g/mol. The molecule has 0 bridgehead atoms. The molecule has 0 spiro atoms. The Morgan fingerprint density at radius 3 is 2.62 bits per heavy atom. The number of ether oxygens (including phenoxy) is 1. The van der Waals surface area contributed by atoms with E-state index in [9.17, 15) is 14.4 Å². The number of amides is 1. The SMILES string of the molecule is COc1cccc(CSC[C@@H](NC(=O)C(=O)O)C(=O)O)c1. The lowest BCUT2D eigenvalue weighted by atomic mass is 10.2. The average Bonchev–Trinajstić information content (AvgIpc) is 2.45. The second-order valence-electron chi connectivity index (χ2n) is 4.04. The van der Waals surface area contributed by atoms with E-state index >= 15 is 0 Å². The van der Waals surface area contributed by atoms with Gasteiger partial charge in [0.15, 0.2) is 0 Å². The highest BCUT2D eigenvalue weighted by molar-refractivity contribution is 7.98. The van der Waals surface area contributed by atoms with Crippen molar-refractivity contribution in [1.29, 1.82) is 0 Å². The molecule has 114 valence electrons. The number of carboxylic acids is 2. The summed E-state index contributed by atoms with van der Waals surface area (Å²) in [6.45, 7) is 0. The van der Waals surface area contributed by atoms with Crippen LogP contribution >= 0.6 is 11.8 Å². The van der Waals surface area contributed by atoms with Crippen molar-refractivity contribution >= 4 is 29.6 Å². The summed E-state index contributed by atoms with van der Waals surface area (Å²) in [5, 5.41) is 19.3. The summed E-state index contributed by atoms with van der Waals surface area (Å²) in [6.07, 6.45) is 0. The smallest absolute Gasteiger partial charge is 0.394 e. The van der Waals surface area contributed by atoms with E-state index in [1.165, 1.54) is 11.8 Å². The van der Waals surface area contributed by atoms with Gasteiger partial charge in [-0.2, -0.15) is 11.8 Å². The Balaban J connectivity index is 2.52. The summed E-state index contributed by atoms with van der Waals surface area (Å²) in [6, 6.07) is 6.04. The van der Waals surface area contributed by atoms with Crippen LogP contribution in [0.15, 0.2) is 24.3 Å². The molecule has 1 aromatic carbocycles. The van der Waals surface area contributed by atoms with Gasteiger partial charge < -0.3 is 20.3 Å². The van der Waals surface area contributed by atoms with Crippen molar-refractivity contribution in [2.75, 3.05) is 12.9 Å². The maximum absolute atomic E-state index is 11.0. The van der Waals surface area contributed by atoms with Gasteiger partial charge >= 0.3 is 17.8 Å². The van der Waals surface area contributed by atoms with E-state index < -0.39 is 23.9 Å². The minimum absolute atomic E-state index is 0.0611. The summed E-state index contributed by atoms with van der Waals surface area (Å²) >= 11 is 1.27. The highest BCUT2D eigenvalue weighted by Crippen LogP contribution is 2.18. The normalized spacial score (nSPS) is 11.5. The Kier molecular flexibility index (Phi) is 6.54. The minimum atomic E-state index is -1.71. The topological polar surface area (TPSA) is 113 Å². The van der Waals surface area contributed by atoms with E-state index in [4.69, 9.17) is 14.9 Å². The molecule has 0 heterocycles. The van der Waals surface area contributed by atoms with Crippen LogP contribution in [0.5, 0.6) is 5.75 Å². The van der Waals surface area contributed by atoms with Crippen LogP contribution in [0.2, 0.25) is 0 Å². The number of benzene rings is 1. The third-order valence-corrected chi connectivity index (χ3v) is 3.59. The zero-order valence-electron chi connectivity index (χ0n) is 11.2. The van der Waals surface area contributed by atoms with Crippen LogP contribution in [-0.2, 0) is 20.1 Å². The molecule has 7 nitrogen and oxygen atoms in total. The molecular formula is C13H15NO6S. The van der Waals surface area contributed by atoms with Gasteiger partial charge in [-0.3, -0.25) is 4.79 Å². The third kappa shape index (κ3) is 5.74. The number of rotatable bonds is 7. The molecule has 0 aliphatic carbocycles. The van der Waals surface area contributed by atoms with E-state index in [0.717, 1.165) is 5.56 Å². The zero-order chi connectivity index (χ0) is 15.8. The van der Waals surface area contributed by atoms with E-state index in [-0.39, 0.29) is 5.75 Å². The molecule has 0 aliphatic heterocycles. The largest absolute Gasteiger partial charge is 0.497 e. The van der Waals surface area contributed by atoms with Crippen LogP contribution in [0.3, 0.4) is 0 Å². The van der Waals surface area contributed by atoms with Gasteiger partial charge in [-0.15, -0.1) is 0 Å². The number of hydrogen-bond acceptors (Lipinski definition) is 5. The summed E-state index contributed by atoms with van der Waals surface area (Å²) < 4.78 is 5.07. The summed E-state index contributed by atoms with van der Waals surface area (Å²) in [5.74, 6) is -3.04. The summed E-state index contributed by atoms with van der Waals surface area (Å²) in [4.78, 5) is 32.3. The van der Waals surface area contributed by atoms with Crippen molar-refractivity contribution in [3.05, 3.63) is 29.8 Å². The highest BCUT2D eigenvalue weighted by atomic mass is 32.2. The second-order valence-corrected chi connectivity index (χ2v) is 5.07. The molecule has 0 aliphatic rings. The van der Waals surface area contributed by atoms with E-state index in [1.807, 2.05) is 23.5 Å². The van der Waals surface area contributed by atoms with Gasteiger partial charge in [-0.25, -0.2) is 9.59 Å². The van der Waals surface area contributed by atoms with Gasteiger partial charge in [0.25, 0.3) is 0 Å². The first kappa shape index (κ1) is 16.8. The van der Waals surface area contributed by atoms with Crippen molar-refractivity contribution in [3.8, 4) is 5.75 Å². The van der Waals surface area contributed by atoms with Crippen molar-refractivity contribution in [2.24, 2.45) is 0 Å². The van der Waals surface area contributed by atoms with Gasteiger partial charge in [0.2, 0.25) is 0 Å². The maximum Gasteiger partial charge on any atom is 0.394 e. The van der Waals surface area contributed by atoms with Crippen molar-refractivity contribution in [3.63, 3.8) is 0 Å². The number of carbonyl (C=O) groups excluding carboxylic acids is 1. The zero-order valence-corrected chi connectivity index (χ0v) is 12.1. The molecule has 0 aromatic heterocycles. The maximum atomic E-state index is 11.0. The molecule has 21 heavy (non-hydrogen) atoms. The molecule has 0 radical (unpaired) electrons. The quantitative estimate of drug-likeness (QED) is 0.631. The summed E-state index contributed by atoms with van der Waals surface area (Å²) in [7, 11) is 1.55. The molecule has 0 saturated heterocycles. The van der Waals surface area contributed by atoms with Gasteiger partial charge in [0, 0.05) is 11.5 Å². The molecule has 0 fully saturated rings. The fourth-order valence-electron chi connectivity index (χ4n) is 1.45. The number of thioether (sulfide) groups is 1. The lowest BCUT2D eigenvalue weighted by Crippen LogP contribution is -2.45. The van der Waals surface area contributed by atoms with Gasteiger partial charge in [0.05, 0.1) is 7.11 Å². The van der Waals surface area contributed by atoms with E-state index in [0.29, 0.717) is 11.5 Å². The van der Waals surface area contributed by atoms with Crippen LogP contribution in [0.1, 0.15) is 5.56 Å². The molecule has 0 saturated carbocycles. The lowest BCUT2D eigenvalue weighted by molar-refractivity contribution is -0.151. The Bertz CT molecular complexity index is 533. The lowest BCUT2D eigenvalue weighted by Gasteiger charge is -2.12. The third-order valence-electron chi connectivity index (χ3n) is 2.49. The van der Waals surface area contributed by atoms with Gasteiger partial charge in [0.1, 0.15) is 11.8 Å². The van der Waals surface area contributed by atoms with Crippen molar-refractivity contribution in [2.45, 2.75) is 11.8 Å². The van der Waals surface area contributed by atoms with Crippen LogP contribution in [0.4, 0.5) is 0 Å². The molecule has 1 amide bonds. The Morgan fingerprint density at radius 2 is 2.05 bits per heavy atom. The van der Waals surface area contributed by atoms with E-state index in [2.05, 4.69) is 0 Å². The number of hydrogen-bond donors (Lipinski definition) is 3. The molecule has 8 heteroatoms. The van der Waals surface area contributed by atoms with Crippen LogP contribution in [0, 0.1) is 0 Å². The van der Waals surface area contributed by atoms with Gasteiger partial charge in [-0.05, 0) is 17.7 Å². The first-order valence-corrected chi connectivity index (χ1v) is 7.06. The molecule has 1 atom stereocenters. The fourth-order valence-corrected chi connectivity index (χ4v) is 2.45. The van der Waals surface area contributed by atoms with Crippen molar-refractivity contribution in [1.82, 2.24) is 5.32 Å². The predicted molar refractivity (Wildman–Crippen MR) is 76.4 cm³/mol. The first-order chi connectivity index (χ1) is 9.93. The van der Waals surface area contributed by atoms with Crippen LogP contribution in [0.25, 0.3) is 0 Å². The monoisotopic (exact) mass is 313 g/mol. The number of carboxylic acid groups (broad SMARTS) is 2. The number of nitrogens with one attached hydrogen (secondary N) is 1. The minimum Gasteiger partial charge on any atom is -0.497 e. The first-order valence-electron chi connectivity index (χ1n) is 5.91. The van der Waals surface area contributed by atoms with E-state index in [1.54, 1.807) is 13.2 Å². The number of carbonyl (C=O) groups is 3. The van der Waals surface area contributed by atoms with Crippen LogP contribution < -0.4 is 10.1 Å². The molecule has 1 rings (SSSR count). The van der Waals surface area contributed by atoms with Crippen molar-refractivity contribution < 1.29 is 29.3 Å². The molecule has 1 aromatic rings. The Hall–Kier alpha value is -2.22. The van der Waals surface area contributed by atoms with Crippen LogP contribution in [-0.4, -0.2) is 47.0 Å². The Labute approximate surface area is 125 Å². The standard InChI is InChI=1S/C13H15NO6S/c1-20-9-4-2-3-8(5-9)6-21-7-10(12(16)17)14-11(15)13(18)19/h2-5,10H,6-7H2,1H3,(H,14,15)(H,16,17)(H,18,19)/t10-/m1/s1. The number of methoxy groups -OCH3 is 1. The summed E-state index contributed by atoms with van der Waals surface area (Å²) in [5.41, 5.74) is 0.938. The highest BCUT2D eigenvalue weighted by Gasteiger charge is 2.23. The molecule has 3 N–H and O–H groups in total. The van der Waals surface area contributed by atoms with Gasteiger partial charge in [-0.1, -0.05) is 12.1 Å². The fraction of sp³-hybridized carbons (Fsp3) is 0.308. The molecule has 0 unspecified atom stereocenters. The predicted octanol–water partition coefficient (Wildman–Crippen LogP) is 0.582. The number of aliphatic carboxylic acids is 2. The second kappa shape index (κ2) is 8.15.